The molecule has 1 N–H and O–H groups in total. The number of carbonyl (C=O) groups excluding carboxylic acids is 1. The lowest BCUT2D eigenvalue weighted by molar-refractivity contribution is -0.119. The van der Waals surface area contributed by atoms with Crippen molar-refractivity contribution >= 4 is 34.8 Å². The van der Waals surface area contributed by atoms with Crippen LogP contribution in [-0.2, 0) is 4.79 Å². The van der Waals surface area contributed by atoms with Crippen LogP contribution in [0.5, 0.6) is 0 Å². The minimum atomic E-state index is -0.106. The number of carbonyl (C=O) groups is 1. The third-order valence-electron chi connectivity index (χ3n) is 2.04. The van der Waals surface area contributed by atoms with E-state index in [1.54, 1.807) is 18.0 Å². The fourth-order valence-corrected chi connectivity index (χ4v) is 1.54. The summed E-state index contributed by atoms with van der Waals surface area (Å²) < 4.78 is 0. The highest BCUT2D eigenvalue weighted by atomic mass is 35.5. The standard InChI is InChI=1S/C9H12Cl2N4O/c1-3-15(5-8(16)12-2)6-4-7(10)13-14-9(6)11/h4H,3,5H2,1-2H3,(H,12,16). The molecule has 5 nitrogen and oxygen atoms in total. The molecule has 0 aliphatic carbocycles. The summed E-state index contributed by atoms with van der Waals surface area (Å²) >= 11 is 11.6. The molecule has 1 aromatic heterocycles. The lowest BCUT2D eigenvalue weighted by atomic mass is 10.3. The average molecular weight is 263 g/mol. The van der Waals surface area contributed by atoms with E-state index in [1.807, 2.05) is 6.92 Å². The number of hydrogen-bond donors (Lipinski definition) is 1. The van der Waals surface area contributed by atoms with Crippen LogP contribution in [0.25, 0.3) is 0 Å². The van der Waals surface area contributed by atoms with Gasteiger partial charge in [0.05, 0.1) is 12.2 Å². The molecule has 1 amide bonds. The van der Waals surface area contributed by atoms with Crippen molar-refractivity contribution in [2.75, 3.05) is 25.0 Å². The van der Waals surface area contributed by atoms with Crippen molar-refractivity contribution in [1.29, 1.82) is 0 Å². The van der Waals surface area contributed by atoms with Crippen molar-refractivity contribution in [2.45, 2.75) is 6.92 Å². The molecule has 0 bridgehead atoms. The van der Waals surface area contributed by atoms with Gasteiger partial charge in [-0.2, -0.15) is 0 Å². The van der Waals surface area contributed by atoms with Gasteiger partial charge in [0.15, 0.2) is 10.3 Å². The maximum atomic E-state index is 11.3. The van der Waals surface area contributed by atoms with Gasteiger partial charge in [-0.1, -0.05) is 23.2 Å². The van der Waals surface area contributed by atoms with E-state index in [2.05, 4.69) is 15.5 Å². The normalized spacial score (nSPS) is 10.0. The first-order valence-electron chi connectivity index (χ1n) is 4.72. The molecule has 0 spiro atoms. The molecule has 0 fully saturated rings. The zero-order valence-corrected chi connectivity index (χ0v) is 10.5. The van der Waals surface area contributed by atoms with Crippen molar-refractivity contribution in [1.82, 2.24) is 15.5 Å². The SMILES string of the molecule is CCN(CC(=O)NC)c1cc(Cl)nnc1Cl. The minimum Gasteiger partial charge on any atom is -0.360 e. The highest BCUT2D eigenvalue weighted by Gasteiger charge is 2.14. The summed E-state index contributed by atoms with van der Waals surface area (Å²) in [5, 5.41) is 10.3. The predicted molar refractivity (Wildman–Crippen MR) is 64.0 cm³/mol. The van der Waals surface area contributed by atoms with E-state index >= 15 is 0 Å². The number of anilines is 1. The Hall–Kier alpha value is -1.07. The Morgan fingerprint density at radius 3 is 2.75 bits per heavy atom. The third-order valence-corrected chi connectivity index (χ3v) is 2.49. The molecule has 1 aromatic rings. The van der Waals surface area contributed by atoms with E-state index in [0.29, 0.717) is 12.2 Å². The number of nitrogens with one attached hydrogen (secondary N) is 1. The molecule has 0 atom stereocenters. The van der Waals surface area contributed by atoms with Gasteiger partial charge < -0.3 is 10.2 Å². The van der Waals surface area contributed by atoms with Crippen molar-refractivity contribution in [3.63, 3.8) is 0 Å². The van der Waals surface area contributed by atoms with Crippen molar-refractivity contribution in [2.24, 2.45) is 0 Å². The number of likely N-dealkylation sites (N-methyl/N-ethyl adjacent to an activating group) is 2. The number of halogens is 2. The number of hydrogen-bond acceptors (Lipinski definition) is 4. The fourth-order valence-electron chi connectivity index (χ4n) is 1.19. The third kappa shape index (κ3) is 3.21. The van der Waals surface area contributed by atoms with Gasteiger partial charge in [0.25, 0.3) is 0 Å². The average Bonchev–Trinajstić information content (AvgIpc) is 2.29. The zero-order valence-electron chi connectivity index (χ0n) is 9.00. The summed E-state index contributed by atoms with van der Waals surface area (Å²) in [7, 11) is 1.58. The van der Waals surface area contributed by atoms with Gasteiger partial charge in [-0.25, -0.2) is 0 Å². The van der Waals surface area contributed by atoms with E-state index in [4.69, 9.17) is 23.2 Å². The summed E-state index contributed by atoms with van der Waals surface area (Å²) in [5.74, 6) is -0.106. The van der Waals surface area contributed by atoms with Gasteiger partial charge in [-0.05, 0) is 6.92 Å². The molecule has 0 radical (unpaired) electrons. The quantitative estimate of drug-likeness (QED) is 0.891. The monoisotopic (exact) mass is 262 g/mol. The molecule has 0 aliphatic heterocycles. The van der Waals surface area contributed by atoms with E-state index in [1.165, 1.54) is 0 Å². The van der Waals surface area contributed by atoms with Crippen LogP contribution < -0.4 is 10.2 Å². The topological polar surface area (TPSA) is 58.1 Å². The first-order chi connectivity index (χ1) is 7.58. The summed E-state index contributed by atoms with van der Waals surface area (Å²) in [6.45, 7) is 2.73. The van der Waals surface area contributed by atoms with Gasteiger partial charge in [0.2, 0.25) is 5.91 Å². The number of nitrogens with zero attached hydrogens (tertiary/aromatic N) is 3. The van der Waals surface area contributed by atoms with Crippen LogP contribution in [-0.4, -0.2) is 36.2 Å². The lowest BCUT2D eigenvalue weighted by Crippen LogP contribution is -2.35. The molecule has 0 aromatic carbocycles. The Morgan fingerprint density at radius 2 is 2.19 bits per heavy atom. The maximum Gasteiger partial charge on any atom is 0.239 e. The largest absolute Gasteiger partial charge is 0.360 e. The lowest BCUT2D eigenvalue weighted by Gasteiger charge is -2.22. The Kier molecular flexibility index (Phi) is 4.76. The summed E-state index contributed by atoms with van der Waals surface area (Å²) in [6, 6.07) is 1.59. The molecule has 0 saturated carbocycles. The summed E-state index contributed by atoms with van der Waals surface area (Å²) in [4.78, 5) is 13.1. The van der Waals surface area contributed by atoms with Crippen LogP contribution in [0.15, 0.2) is 6.07 Å². The van der Waals surface area contributed by atoms with Crippen LogP contribution in [0.2, 0.25) is 10.3 Å². The highest BCUT2D eigenvalue weighted by molar-refractivity contribution is 6.33. The molecule has 0 aliphatic rings. The second-order valence-corrected chi connectivity index (χ2v) is 3.78. The molecule has 1 rings (SSSR count). The van der Waals surface area contributed by atoms with Gasteiger partial charge in [0, 0.05) is 19.7 Å². The van der Waals surface area contributed by atoms with Crippen LogP contribution >= 0.6 is 23.2 Å². The Bertz CT molecular complexity index is 386. The Labute approximate surface area is 104 Å². The maximum absolute atomic E-state index is 11.3. The molecule has 1 heterocycles. The zero-order chi connectivity index (χ0) is 12.1. The van der Waals surface area contributed by atoms with Gasteiger partial charge in [-0.15, -0.1) is 10.2 Å². The summed E-state index contributed by atoms with van der Waals surface area (Å²) in [5.41, 5.74) is 0.604. The van der Waals surface area contributed by atoms with Crippen molar-refractivity contribution in [3.8, 4) is 0 Å². The number of amides is 1. The van der Waals surface area contributed by atoms with Gasteiger partial charge in [-0.3, -0.25) is 4.79 Å². The first kappa shape index (κ1) is 13.0. The molecular weight excluding hydrogens is 251 g/mol. The van der Waals surface area contributed by atoms with Crippen LogP contribution in [0, 0.1) is 0 Å². The predicted octanol–water partition coefficient (Wildman–Crippen LogP) is 1.36. The Balaban J connectivity index is 2.94. The molecule has 0 saturated heterocycles. The van der Waals surface area contributed by atoms with E-state index in [9.17, 15) is 4.79 Å². The van der Waals surface area contributed by atoms with E-state index in [-0.39, 0.29) is 22.8 Å². The van der Waals surface area contributed by atoms with Crippen LogP contribution in [0.4, 0.5) is 5.69 Å². The fraction of sp³-hybridized carbons (Fsp3) is 0.444. The van der Waals surface area contributed by atoms with Gasteiger partial charge >= 0.3 is 0 Å². The highest BCUT2D eigenvalue weighted by Crippen LogP contribution is 2.24. The second-order valence-electron chi connectivity index (χ2n) is 3.03. The molecule has 0 unspecified atom stereocenters. The Morgan fingerprint density at radius 1 is 1.50 bits per heavy atom. The first-order valence-corrected chi connectivity index (χ1v) is 5.48. The summed E-state index contributed by atoms with van der Waals surface area (Å²) in [6.07, 6.45) is 0. The number of aromatic nitrogens is 2. The molecule has 88 valence electrons. The molecule has 7 heteroatoms. The van der Waals surface area contributed by atoms with E-state index in [0.717, 1.165) is 0 Å². The molecular formula is C9H12Cl2N4O. The van der Waals surface area contributed by atoms with Gasteiger partial charge in [0.1, 0.15) is 0 Å². The second kappa shape index (κ2) is 5.86. The minimum absolute atomic E-state index is 0.106. The number of rotatable bonds is 4. The smallest absolute Gasteiger partial charge is 0.239 e. The van der Waals surface area contributed by atoms with Crippen molar-refractivity contribution in [3.05, 3.63) is 16.4 Å². The van der Waals surface area contributed by atoms with Crippen LogP contribution in [0.3, 0.4) is 0 Å². The van der Waals surface area contributed by atoms with E-state index < -0.39 is 0 Å². The van der Waals surface area contributed by atoms with Crippen LogP contribution in [0.1, 0.15) is 6.92 Å². The van der Waals surface area contributed by atoms with Crippen molar-refractivity contribution < 1.29 is 4.79 Å². The molecule has 16 heavy (non-hydrogen) atoms.